The van der Waals surface area contributed by atoms with Crippen LogP contribution < -0.4 is 5.32 Å². The first kappa shape index (κ1) is 12.0. The lowest BCUT2D eigenvalue weighted by Gasteiger charge is -2.14. The molecule has 0 amide bonds. The maximum Gasteiger partial charge on any atom is 0.104 e. The number of fused-ring (bicyclic) bond motifs is 1. The molecule has 1 aromatic heterocycles. The van der Waals surface area contributed by atoms with Crippen LogP contribution in [-0.4, -0.2) is 16.5 Å². The first-order valence-electron chi connectivity index (χ1n) is 6.43. The Balaban J connectivity index is 2.08. The van der Waals surface area contributed by atoms with Crippen LogP contribution in [0.2, 0.25) is 0 Å². The number of hydrogen-bond acceptors (Lipinski definition) is 2. The number of benzene rings is 1. The smallest absolute Gasteiger partial charge is 0.104 e. The van der Waals surface area contributed by atoms with Crippen molar-refractivity contribution < 1.29 is 0 Å². The van der Waals surface area contributed by atoms with Gasteiger partial charge in [-0.1, -0.05) is 26.7 Å². The predicted octanol–water partition coefficient (Wildman–Crippen LogP) is 3.72. The molecule has 17 heavy (non-hydrogen) atoms. The number of nitrogens with zero attached hydrogens (tertiary/aromatic N) is 1. The molecule has 0 aliphatic heterocycles. The number of rotatable bonds is 5. The summed E-state index contributed by atoms with van der Waals surface area (Å²) >= 11 is 0. The predicted molar refractivity (Wildman–Crippen MR) is 73.4 cm³/mol. The number of imidazole rings is 1. The molecule has 3 nitrogen and oxygen atoms in total. The van der Waals surface area contributed by atoms with E-state index in [2.05, 4.69) is 47.3 Å². The fourth-order valence-corrected chi connectivity index (χ4v) is 2.09. The summed E-state index contributed by atoms with van der Waals surface area (Å²) < 4.78 is 0. The first-order valence-corrected chi connectivity index (χ1v) is 6.43. The number of nitrogens with one attached hydrogen (secondary N) is 2. The van der Waals surface area contributed by atoms with Gasteiger partial charge in [0.25, 0.3) is 0 Å². The topological polar surface area (TPSA) is 40.7 Å². The summed E-state index contributed by atoms with van der Waals surface area (Å²) in [6.45, 7) is 7.53. The van der Waals surface area contributed by atoms with E-state index in [9.17, 15) is 0 Å². The Kier molecular flexibility index (Phi) is 3.67. The van der Waals surface area contributed by atoms with Crippen LogP contribution in [0.15, 0.2) is 18.2 Å². The van der Waals surface area contributed by atoms with E-state index in [1.54, 1.807) is 0 Å². The third-order valence-electron chi connectivity index (χ3n) is 3.35. The van der Waals surface area contributed by atoms with Crippen LogP contribution in [0.25, 0.3) is 11.0 Å². The molecule has 3 heteroatoms. The molecule has 0 aliphatic rings. The van der Waals surface area contributed by atoms with Crippen molar-refractivity contribution in [3.63, 3.8) is 0 Å². The largest absolute Gasteiger partial charge is 0.385 e. The minimum absolute atomic E-state index is 0.759. The molecule has 0 unspecified atom stereocenters. The van der Waals surface area contributed by atoms with Gasteiger partial charge < -0.3 is 10.3 Å². The minimum atomic E-state index is 0.759. The Labute approximate surface area is 103 Å². The van der Waals surface area contributed by atoms with E-state index in [1.165, 1.54) is 18.5 Å². The molecule has 0 saturated carbocycles. The van der Waals surface area contributed by atoms with Gasteiger partial charge >= 0.3 is 0 Å². The van der Waals surface area contributed by atoms with Crippen molar-refractivity contribution in [2.24, 2.45) is 5.92 Å². The molecular formula is C14H21N3. The molecule has 2 rings (SSSR count). The van der Waals surface area contributed by atoms with Gasteiger partial charge in [-0.05, 0) is 31.0 Å². The molecule has 0 atom stereocenters. The van der Waals surface area contributed by atoms with Gasteiger partial charge in [-0.3, -0.25) is 0 Å². The highest BCUT2D eigenvalue weighted by molar-refractivity contribution is 5.79. The molecule has 92 valence electrons. The molecule has 0 fully saturated rings. The molecule has 0 radical (unpaired) electrons. The van der Waals surface area contributed by atoms with E-state index in [4.69, 9.17) is 0 Å². The normalized spacial score (nSPS) is 11.3. The van der Waals surface area contributed by atoms with Crippen molar-refractivity contribution in [3.05, 3.63) is 24.0 Å². The van der Waals surface area contributed by atoms with E-state index < -0.39 is 0 Å². The monoisotopic (exact) mass is 231 g/mol. The van der Waals surface area contributed by atoms with E-state index in [-0.39, 0.29) is 0 Å². The van der Waals surface area contributed by atoms with E-state index in [1.807, 2.05) is 6.92 Å². The number of aromatic amines is 1. The summed E-state index contributed by atoms with van der Waals surface area (Å²) in [6.07, 6.45) is 2.46. The van der Waals surface area contributed by atoms with Crippen LogP contribution in [0.1, 0.15) is 32.5 Å². The van der Waals surface area contributed by atoms with Gasteiger partial charge in [-0.2, -0.15) is 0 Å². The van der Waals surface area contributed by atoms with Crippen molar-refractivity contribution in [2.75, 3.05) is 11.9 Å². The number of anilines is 1. The average Bonchev–Trinajstić information content (AvgIpc) is 2.69. The highest BCUT2D eigenvalue weighted by Crippen LogP contribution is 2.18. The zero-order valence-electron chi connectivity index (χ0n) is 10.9. The summed E-state index contributed by atoms with van der Waals surface area (Å²) in [6, 6.07) is 6.30. The molecule has 0 bridgehead atoms. The van der Waals surface area contributed by atoms with Gasteiger partial charge in [0.15, 0.2) is 0 Å². The number of aryl methyl sites for hydroxylation is 1. The minimum Gasteiger partial charge on any atom is -0.385 e. The highest BCUT2D eigenvalue weighted by Gasteiger charge is 2.04. The Morgan fingerprint density at radius 1 is 1.29 bits per heavy atom. The van der Waals surface area contributed by atoms with Gasteiger partial charge in [0.2, 0.25) is 0 Å². The lowest BCUT2D eigenvalue weighted by molar-refractivity contribution is 0.519. The van der Waals surface area contributed by atoms with Gasteiger partial charge in [0.1, 0.15) is 5.82 Å². The third-order valence-corrected chi connectivity index (χ3v) is 3.35. The van der Waals surface area contributed by atoms with Gasteiger partial charge in [0, 0.05) is 12.2 Å². The van der Waals surface area contributed by atoms with Crippen molar-refractivity contribution in [2.45, 2.75) is 33.6 Å². The second-order valence-electron chi connectivity index (χ2n) is 4.62. The summed E-state index contributed by atoms with van der Waals surface area (Å²) in [7, 11) is 0. The lowest BCUT2D eigenvalue weighted by atomic mass is 10.0. The quantitative estimate of drug-likeness (QED) is 0.823. The van der Waals surface area contributed by atoms with E-state index in [0.717, 1.165) is 29.3 Å². The Hall–Kier alpha value is -1.51. The molecule has 0 spiro atoms. The van der Waals surface area contributed by atoms with Crippen molar-refractivity contribution in [1.29, 1.82) is 0 Å². The molecular weight excluding hydrogens is 210 g/mol. The third kappa shape index (κ3) is 2.78. The Morgan fingerprint density at radius 3 is 2.76 bits per heavy atom. The number of hydrogen-bond donors (Lipinski definition) is 2. The van der Waals surface area contributed by atoms with Gasteiger partial charge in [-0.15, -0.1) is 0 Å². The van der Waals surface area contributed by atoms with Gasteiger partial charge in [0.05, 0.1) is 11.0 Å². The first-order chi connectivity index (χ1) is 8.22. The summed E-state index contributed by atoms with van der Waals surface area (Å²) in [5.41, 5.74) is 3.32. The van der Waals surface area contributed by atoms with Crippen LogP contribution in [0, 0.1) is 12.8 Å². The second-order valence-corrected chi connectivity index (χ2v) is 4.62. The molecule has 0 saturated heterocycles. The number of aromatic nitrogens is 2. The maximum atomic E-state index is 4.40. The van der Waals surface area contributed by atoms with Crippen molar-refractivity contribution >= 4 is 16.7 Å². The SMILES string of the molecule is CCC(CC)CNc1ccc2nc(C)[nH]c2c1. The lowest BCUT2D eigenvalue weighted by Crippen LogP contribution is -2.12. The summed E-state index contributed by atoms with van der Waals surface area (Å²) in [5.74, 6) is 1.73. The zero-order valence-corrected chi connectivity index (χ0v) is 10.9. The van der Waals surface area contributed by atoms with Crippen LogP contribution in [-0.2, 0) is 0 Å². The van der Waals surface area contributed by atoms with E-state index >= 15 is 0 Å². The van der Waals surface area contributed by atoms with Crippen molar-refractivity contribution in [1.82, 2.24) is 9.97 Å². The maximum absolute atomic E-state index is 4.40. The van der Waals surface area contributed by atoms with Crippen LogP contribution in [0.5, 0.6) is 0 Å². The average molecular weight is 231 g/mol. The summed E-state index contributed by atoms with van der Waals surface area (Å²) in [4.78, 5) is 7.66. The molecule has 1 aromatic carbocycles. The van der Waals surface area contributed by atoms with E-state index in [0.29, 0.717) is 0 Å². The Bertz CT molecular complexity index is 483. The fourth-order valence-electron chi connectivity index (χ4n) is 2.09. The van der Waals surface area contributed by atoms with Crippen LogP contribution in [0.3, 0.4) is 0 Å². The van der Waals surface area contributed by atoms with Crippen LogP contribution in [0.4, 0.5) is 5.69 Å². The Morgan fingerprint density at radius 2 is 2.06 bits per heavy atom. The van der Waals surface area contributed by atoms with Crippen LogP contribution >= 0.6 is 0 Å². The van der Waals surface area contributed by atoms with Crippen molar-refractivity contribution in [3.8, 4) is 0 Å². The molecule has 2 aromatic rings. The zero-order chi connectivity index (χ0) is 12.3. The molecule has 1 heterocycles. The summed E-state index contributed by atoms with van der Waals surface area (Å²) in [5, 5.41) is 3.50. The number of H-pyrrole nitrogens is 1. The molecule has 2 N–H and O–H groups in total. The second kappa shape index (κ2) is 5.21. The highest BCUT2D eigenvalue weighted by atomic mass is 14.9. The standard InChI is InChI=1S/C14H21N3/c1-4-11(5-2)9-15-12-6-7-13-14(8-12)17-10(3)16-13/h6-8,11,15H,4-5,9H2,1-3H3,(H,16,17). The van der Waals surface area contributed by atoms with Gasteiger partial charge in [-0.25, -0.2) is 4.98 Å². The molecule has 0 aliphatic carbocycles. The fraction of sp³-hybridized carbons (Fsp3) is 0.500.